The maximum atomic E-state index is 13.4. The minimum Gasteiger partial charge on any atom is -0.371 e. The Morgan fingerprint density at radius 1 is 1.37 bits per heavy atom. The normalized spacial score (nSPS) is 20.4. The Hall–Kier alpha value is -1.09. The Bertz CT molecular complexity index is 434. The number of halogens is 1. The number of hydrogen-bond donors (Lipinski definition) is 1. The summed E-state index contributed by atoms with van der Waals surface area (Å²) in [5.74, 6) is -0.202. The minimum absolute atomic E-state index is 0.134. The molecular formula is C16H25FN2. The van der Waals surface area contributed by atoms with Gasteiger partial charge in [-0.1, -0.05) is 20.3 Å². The summed E-state index contributed by atoms with van der Waals surface area (Å²) in [5.41, 5.74) is 8.46. The van der Waals surface area contributed by atoms with Crippen LogP contribution in [0.4, 0.5) is 10.1 Å². The smallest absolute Gasteiger partial charge is 0.123 e. The first kappa shape index (κ1) is 14.3. The summed E-state index contributed by atoms with van der Waals surface area (Å²) in [7, 11) is 0. The van der Waals surface area contributed by atoms with Crippen molar-refractivity contribution >= 4 is 5.69 Å². The van der Waals surface area contributed by atoms with Gasteiger partial charge in [-0.3, -0.25) is 0 Å². The molecule has 0 radical (unpaired) electrons. The van der Waals surface area contributed by atoms with Crippen molar-refractivity contribution in [1.29, 1.82) is 0 Å². The molecule has 1 saturated heterocycles. The number of benzene rings is 1. The summed E-state index contributed by atoms with van der Waals surface area (Å²) >= 11 is 0. The molecule has 0 spiro atoms. The molecular weight excluding hydrogens is 239 g/mol. The topological polar surface area (TPSA) is 29.3 Å². The summed E-state index contributed by atoms with van der Waals surface area (Å²) in [6.45, 7) is 8.62. The Morgan fingerprint density at radius 3 is 2.53 bits per heavy atom. The largest absolute Gasteiger partial charge is 0.371 e. The molecule has 2 nitrogen and oxygen atoms in total. The van der Waals surface area contributed by atoms with Crippen molar-refractivity contribution in [2.24, 2.45) is 11.1 Å². The Kier molecular flexibility index (Phi) is 4.14. The lowest BCUT2D eigenvalue weighted by atomic mass is 9.78. The third kappa shape index (κ3) is 3.08. The monoisotopic (exact) mass is 264 g/mol. The van der Waals surface area contributed by atoms with Crippen molar-refractivity contribution in [3.63, 3.8) is 0 Å². The SMILES string of the molecule is CCC1(C)CCN(c2ccc(F)cc2[C@@H](C)N)CC1. The van der Waals surface area contributed by atoms with Gasteiger partial charge in [-0.2, -0.15) is 0 Å². The van der Waals surface area contributed by atoms with Crippen molar-refractivity contribution in [3.05, 3.63) is 29.6 Å². The van der Waals surface area contributed by atoms with Crippen LogP contribution < -0.4 is 10.6 Å². The molecule has 106 valence electrons. The fourth-order valence-corrected chi connectivity index (χ4v) is 2.82. The summed E-state index contributed by atoms with van der Waals surface area (Å²) < 4.78 is 13.4. The van der Waals surface area contributed by atoms with E-state index in [0.29, 0.717) is 5.41 Å². The predicted molar refractivity (Wildman–Crippen MR) is 78.8 cm³/mol. The summed E-state index contributed by atoms with van der Waals surface area (Å²) in [5, 5.41) is 0. The van der Waals surface area contributed by atoms with Crippen molar-refractivity contribution in [3.8, 4) is 0 Å². The lowest BCUT2D eigenvalue weighted by Gasteiger charge is -2.41. The Balaban J connectivity index is 2.20. The van der Waals surface area contributed by atoms with Crippen LogP contribution in [-0.2, 0) is 0 Å². The zero-order chi connectivity index (χ0) is 14.0. The van der Waals surface area contributed by atoms with E-state index in [4.69, 9.17) is 5.73 Å². The molecule has 1 aliphatic heterocycles. The van der Waals surface area contributed by atoms with Gasteiger partial charge in [0.2, 0.25) is 0 Å². The molecule has 0 aromatic heterocycles. The van der Waals surface area contributed by atoms with Gasteiger partial charge in [0.05, 0.1) is 0 Å². The lowest BCUT2D eigenvalue weighted by Crippen LogP contribution is -2.39. The molecule has 19 heavy (non-hydrogen) atoms. The van der Waals surface area contributed by atoms with Gasteiger partial charge in [0, 0.05) is 24.8 Å². The number of hydrogen-bond acceptors (Lipinski definition) is 2. The van der Waals surface area contributed by atoms with Crippen molar-refractivity contribution in [1.82, 2.24) is 0 Å². The number of nitrogens with two attached hydrogens (primary N) is 1. The Morgan fingerprint density at radius 2 is 2.00 bits per heavy atom. The number of anilines is 1. The highest BCUT2D eigenvalue weighted by Crippen LogP contribution is 2.37. The van der Waals surface area contributed by atoms with E-state index in [-0.39, 0.29) is 11.9 Å². The van der Waals surface area contributed by atoms with E-state index in [1.54, 1.807) is 6.07 Å². The van der Waals surface area contributed by atoms with Gasteiger partial charge < -0.3 is 10.6 Å². The molecule has 1 atom stereocenters. The van der Waals surface area contributed by atoms with Gasteiger partial charge >= 0.3 is 0 Å². The van der Waals surface area contributed by atoms with E-state index in [9.17, 15) is 4.39 Å². The fourth-order valence-electron chi connectivity index (χ4n) is 2.82. The first-order chi connectivity index (χ1) is 8.95. The molecule has 0 saturated carbocycles. The molecule has 0 unspecified atom stereocenters. The van der Waals surface area contributed by atoms with Crippen molar-refractivity contribution in [2.45, 2.75) is 46.1 Å². The van der Waals surface area contributed by atoms with Crippen LogP contribution in [0.25, 0.3) is 0 Å². The average Bonchev–Trinajstić information content (AvgIpc) is 2.40. The standard InChI is InChI=1S/C16H25FN2/c1-4-16(3)7-9-19(10-8-16)15-6-5-13(17)11-14(15)12(2)18/h5-6,11-12H,4,7-10,18H2,1-3H3/t12-/m1/s1. The molecule has 3 heteroatoms. The third-order valence-corrected chi connectivity index (χ3v) is 4.64. The van der Waals surface area contributed by atoms with Crippen LogP contribution in [-0.4, -0.2) is 13.1 Å². The zero-order valence-corrected chi connectivity index (χ0v) is 12.2. The predicted octanol–water partition coefficient (Wildman–Crippen LogP) is 3.86. The zero-order valence-electron chi connectivity index (χ0n) is 12.2. The second-order valence-electron chi connectivity index (χ2n) is 6.14. The second-order valence-corrected chi connectivity index (χ2v) is 6.14. The van der Waals surface area contributed by atoms with Gasteiger partial charge in [0.1, 0.15) is 5.82 Å². The number of nitrogens with zero attached hydrogens (tertiary/aromatic N) is 1. The van der Waals surface area contributed by atoms with E-state index < -0.39 is 0 Å². The molecule has 0 aliphatic carbocycles. The van der Waals surface area contributed by atoms with Crippen LogP contribution in [0, 0.1) is 11.2 Å². The maximum Gasteiger partial charge on any atom is 0.123 e. The highest BCUT2D eigenvalue weighted by molar-refractivity contribution is 5.55. The first-order valence-electron chi connectivity index (χ1n) is 7.25. The molecule has 2 N–H and O–H groups in total. The van der Waals surface area contributed by atoms with Crippen LogP contribution in [0.1, 0.15) is 51.6 Å². The summed E-state index contributed by atoms with van der Waals surface area (Å²) in [6, 6.07) is 4.86. The number of rotatable bonds is 3. The van der Waals surface area contributed by atoms with Crippen LogP contribution in [0.2, 0.25) is 0 Å². The van der Waals surface area contributed by atoms with Crippen LogP contribution in [0.3, 0.4) is 0 Å². The van der Waals surface area contributed by atoms with E-state index in [1.165, 1.54) is 25.3 Å². The second kappa shape index (κ2) is 5.49. The average molecular weight is 264 g/mol. The van der Waals surface area contributed by atoms with Crippen molar-refractivity contribution in [2.75, 3.05) is 18.0 Å². The summed E-state index contributed by atoms with van der Waals surface area (Å²) in [4.78, 5) is 2.36. The van der Waals surface area contributed by atoms with E-state index in [1.807, 2.05) is 13.0 Å². The minimum atomic E-state index is -0.202. The van der Waals surface area contributed by atoms with Gasteiger partial charge in [-0.15, -0.1) is 0 Å². The molecule has 1 heterocycles. The molecule has 1 aliphatic rings. The van der Waals surface area contributed by atoms with E-state index in [2.05, 4.69) is 18.7 Å². The molecule has 2 rings (SSSR count). The van der Waals surface area contributed by atoms with Crippen LogP contribution >= 0.6 is 0 Å². The third-order valence-electron chi connectivity index (χ3n) is 4.64. The highest BCUT2D eigenvalue weighted by atomic mass is 19.1. The van der Waals surface area contributed by atoms with Crippen LogP contribution in [0.15, 0.2) is 18.2 Å². The molecule has 1 aromatic carbocycles. The quantitative estimate of drug-likeness (QED) is 0.898. The maximum absolute atomic E-state index is 13.4. The van der Waals surface area contributed by atoms with Crippen LogP contribution in [0.5, 0.6) is 0 Å². The van der Waals surface area contributed by atoms with Crippen molar-refractivity contribution < 1.29 is 4.39 Å². The number of piperidine rings is 1. The Labute approximate surface area is 115 Å². The molecule has 1 aromatic rings. The van der Waals surface area contributed by atoms with Gasteiger partial charge in [0.15, 0.2) is 0 Å². The first-order valence-corrected chi connectivity index (χ1v) is 7.25. The van der Waals surface area contributed by atoms with E-state index >= 15 is 0 Å². The molecule has 0 bridgehead atoms. The van der Waals surface area contributed by atoms with E-state index in [0.717, 1.165) is 24.3 Å². The summed E-state index contributed by atoms with van der Waals surface area (Å²) in [6.07, 6.45) is 3.61. The molecule has 0 amide bonds. The highest BCUT2D eigenvalue weighted by Gasteiger charge is 2.29. The lowest BCUT2D eigenvalue weighted by molar-refractivity contribution is 0.238. The van der Waals surface area contributed by atoms with Gasteiger partial charge in [-0.05, 0) is 48.9 Å². The van der Waals surface area contributed by atoms with Gasteiger partial charge in [-0.25, -0.2) is 4.39 Å². The fraction of sp³-hybridized carbons (Fsp3) is 0.625. The molecule has 1 fully saturated rings. The van der Waals surface area contributed by atoms with Gasteiger partial charge in [0.25, 0.3) is 0 Å².